The van der Waals surface area contributed by atoms with Crippen LogP contribution in [0.5, 0.6) is 0 Å². The minimum atomic E-state index is -0.524. The van der Waals surface area contributed by atoms with E-state index in [9.17, 15) is 19.8 Å². The molecule has 2 aromatic carbocycles. The Balaban J connectivity index is 0.000000240. The first-order valence-corrected chi connectivity index (χ1v) is 17.5. The molecular weight excluding hydrogens is 544 g/mol. The molecule has 4 heteroatoms. The molecule has 0 aliphatic heterocycles. The van der Waals surface area contributed by atoms with E-state index in [0.29, 0.717) is 72.8 Å². The van der Waals surface area contributed by atoms with Gasteiger partial charge < -0.3 is 10.2 Å². The third-order valence-electron chi connectivity index (χ3n) is 10.6. The number of ketones is 2. The van der Waals surface area contributed by atoms with Crippen molar-refractivity contribution in [1.29, 1.82) is 0 Å². The summed E-state index contributed by atoms with van der Waals surface area (Å²) in [5, 5.41) is 20.5. The van der Waals surface area contributed by atoms with Crippen LogP contribution < -0.4 is 0 Å². The number of benzene rings is 2. The van der Waals surface area contributed by atoms with Crippen LogP contribution in [0.4, 0.5) is 0 Å². The van der Waals surface area contributed by atoms with Crippen molar-refractivity contribution in [3.63, 3.8) is 0 Å². The van der Waals surface area contributed by atoms with Gasteiger partial charge >= 0.3 is 0 Å². The Labute approximate surface area is 268 Å². The lowest BCUT2D eigenvalue weighted by Crippen LogP contribution is -2.33. The molecule has 4 rings (SSSR count). The quantitative estimate of drug-likeness (QED) is 0.253. The van der Waals surface area contributed by atoms with Gasteiger partial charge in [-0.15, -0.1) is 0 Å². The van der Waals surface area contributed by atoms with Gasteiger partial charge in [-0.3, -0.25) is 9.59 Å². The van der Waals surface area contributed by atoms with E-state index in [1.165, 1.54) is 25.7 Å². The predicted molar refractivity (Wildman–Crippen MR) is 181 cm³/mol. The number of hydrogen-bond donors (Lipinski definition) is 2. The molecule has 44 heavy (non-hydrogen) atoms. The number of carbonyl (C=O) groups is 2. The molecule has 8 atom stereocenters. The molecule has 2 N–H and O–H groups in total. The molecule has 2 saturated carbocycles. The lowest BCUT2D eigenvalue weighted by Gasteiger charge is -2.36. The molecule has 0 saturated heterocycles. The maximum absolute atomic E-state index is 12.7. The Hall–Kier alpha value is -2.30. The van der Waals surface area contributed by atoms with Crippen molar-refractivity contribution < 1.29 is 19.8 Å². The first kappa shape index (κ1) is 36.2. The van der Waals surface area contributed by atoms with E-state index in [1.807, 2.05) is 60.7 Å². The zero-order chi connectivity index (χ0) is 32.2. The van der Waals surface area contributed by atoms with Gasteiger partial charge in [-0.1, -0.05) is 115 Å². The van der Waals surface area contributed by atoms with Crippen LogP contribution in [0.3, 0.4) is 0 Å². The van der Waals surface area contributed by atoms with Gasteiger partial charge in [0.05, 0.1) is 12.2 Å². The van der Waals surface area contributed by atoms with Crippen molar-refractivity contribution in [1.82, 2.24) is 0 Å². The summed E-state index contributed by atoms with van der Waals surface area (Å²) in [5.41, 5.74) is 1.82. The third-order valence-corrected chi connectivity index (χ3v) is 10.6. The van der Waals surface area contributed by atoms with Crippen LogP contribution in [0, 0.1) is 47.3 Å². The maximum Gasteiger partial charge on any atom is 0.136 e. The molecule has 4 nitrogen and oxygen atoms in total. The highest BCUT2D eigenvalue weighted by atomic mass is 16.3. The van der Waals surface area contributed by atoms with E-state index >= 15 is 0 Å². The summed E-state index contributed by atoms with van der Waals surface area (Å²) in [5.74, 6) is 4.63. The lowest BCUT2D eigenvalue weighted by atomic mass is 9.68. The molecular formula is C40H60O4. The van der Waals surface area contributed by atoms with Crippen LogP contribution in [-0.2, 0) is 9.59 Å². The van der Waals surface area contributed by atoms with E-state index in [0.717, 1.165) is 24.0 Å². The van der Waals surface area contributed by atoms with E-state index in [1.54, 1.807) is 0 Å². The van der Waals surface area contributed by atoms with Crippen molar-refractivity contribution >= 4 is 11.6 Å². The summed E-state index contributed by atoms with van der Waals surface area (Å²) in [4.78, 5) is 25.4. The van der Waals surface area contributed by atoms with Gasteiger partial charge in [0.1, 0.15) is 11.6 Å². The van der Waals surface area contributed by atoms with E-state index in [4.69, 9.17) is 0 Å². The van der Waals surface area contributed by atoms with Gasteiger partial charge in [0.25, 0.3) is 0 Å². The summed E-state index contributed by atoms with van der Waals surface area (Å²) in [6.45, 7) is 13.5. The van der Waals surface area contributed by atoms with Gasteiger partial charge in [0, 0.05) is 24.7 Å². The zero-order valence-corrected chi connectivity index (χ0v) is 28.3. The predicted octanol–water partition coefficient (Wildman–Crippen LogP) is 9.56. The van der Waals surface area contributed by atoms with Crippen LogP contribution in [-0.4, -0.2) is 21.8 Å². The highest BCUT2D eigenvalue weighted by Gasteiger charge is 2.36. The first-order chi connectivity index (χ1) is 21.0. The van der Waals surface area contributed by atoms with Gasteiger partial charge in [-0.25, -0.2) is 0 Å². The monoisotopic (exact) mass is 604 g/mol. The standard InChI is InChI=1S/2C20H30O2/c2*1-14(2)17-10-9-15(3)13-18(17)20(22)12-11-19(21)16-7-5-4-6-8-16/h2*4-8,14-15,17-19,21H,9-13H2,1-3H3/t15-,17+,18-,19?;15-,17+,18-,19+/m11/s1. The normalized spacial score (nSPS) is 26.9. The van der Waals surface area contributed by atoms with E-state index in [2.05, 4.69) is 41.5 Å². The molecule has 2 fully saturated rings. The molecule has 2 aliphatic carbocycles. The van der Waals surface area contributed by atoms with Crippen LogP contribution in [0.2, 0.25) is 0 Å². The topological polar surface area (TPSA) is 74.6 Å². The van der Waals surface area contributed by atoms with E-state index < -0.39 is 12.2 Å². The molecule has 0 aromatic heterocycles. The highest BCUT2D eigenvalue weighted by Crippen LogP contribution is 2.40. The SMILES string of the molecule is CC(C)[C@@H]1CC[C@@H](C)C[C@H]1C(=O)CCC(O)c1ccccc1.CC(C)[C@@H]1CC[C@@H](C)C[C@H]1C(=O)CC[C@H](O)c1ccccc1. The van der Waals surface area contributed by atoms with Crippen LogP contribution in [0.15, 0.2) is 60.7 Å². The van der Waals surface area contributed by atoms with Gasteiger partial charge in [-0.05, 0) is 85.2 Å². The Kier molecular flexibility index (Phi) is 14.8. The minimum Gasteiger partial charge on any atom is -0.388 e. The van der Waals surface area contributed by atoms with Crippen molar-refractivity contribution in [2.24, 2.45) is 47.3 Å². The maximum atomic E-state index is 12.7. The second kappa shape index (κ2) is 18.0. The number of carbonyl (C=O) groups excluding carboxylic acids is 2. The largest absolute Gasteiger partial charge is 0.388 e. The summed E-state index contributed by atoms with van der Waals surface area (Å²) in [7, 11) is 0. The third kappa shape index (κ3) is 10.9. The van der Waals surface area contributed by atoms with Crippen molar-refractivity contribution in [3.05, 3.63) is 71.8 Å². The molecule has 0 heterocycles. The number of aliphatic hydroxyl groups excluding tert-OH is 2. The number of aliphatic hydroxyl groups is 2. The smallest absolute Gasteiger partial charge is 0.136 e. The van der Waals surface area contributed by atoms with Crippen molar-refractivity contribution in [3.8, 4) is 0 Å². The second-order valence-electron chi connectivity index (χ2n) is 14.7. The Morgan fingerprint density at radius 3 is 1.27 bits per heavy atom. The van der Waals surface area contributed by atoms with Crippen molar-refractivity contribution in [2.45, 2.75) is 118 Å². The number of rotatable bonds is 12. The highest BCUT2D eigenvalue weighted by molar-refractivity contribution is 5.82. The van der Waals surface area contributed by atoms with Crippen molar-refractivity contribution in [2.75, 3.05) is 0 Å². The fourth-order valence-corrected chi connectivity index (χ4v) is 7.76. The first-order valence-electron chi connectivity index (χ1n) is 17.5. The van der Waals surface area contributed by atoms with Crippen LogP contribution in [0.25, 0.3) is 0 Å². The Morgan fingerprint density at radius 1 is 0.614 bits per heavy atom. The summed E-state index contributed by atoms with van der Waals surface area (Å²) >= 11 is 0. The Bertz CT molecular complexity index is 1020. The lowest BCUT2D eigenvalue weighted by molar-refractivity contribution is -0.128. The molecule has 0 bridgehead atoms. The number of Topliss-reactive ketones (excluding diaryl/α,β-unsaturated/α-hetero) is 2. The molecule has 1 unspecified atom stereocenters. The average Bonchev–Trinajstić information content (AvgIpc) is 3.02. The summed E-state index contributed by atoms with van der Waals surface area (Å²) in [6.07, 6.45) is 7.94. The average molecular weight is 605 g/mol. The van der Waals surface area contributed by atoms with Crippen LogP contribution >= 0.6 is 0 Å². The van der Waals surface area contributed by atoms with E-state index in [-0.39, 0.29) is 11.8 Å². The second-order valence-corrected chi connectivity index (χ2v) is 14.7. The zero-order valence-electron chi connectivity index (χ0n) is 28.3. The summed E-state index contributed by atoms with van der Waals surface area (Å²) in [6, 6.07) is 19.3. The molecule has 2 aromatic rings. The minimum absolute atomic E-state index is 0.201. The molecule has 0 amide bonds. The van der Waals surface area contributed by atoms with Gasteiger partial charge in [0.2, 0.25) is 0 Å². The summed E-state index contributed by atoms with van der Waals surface area (Å²) < 4.78 is 0. The molecule has 244 valence electrons. The molecule has 0 radical (unpaired) electrons. The van der Waals surface area contributed by atoms with Crippen LogP contribution in [0.1, 0.15) is 129 Å². The van der Waals surface area contributed by atoms with Gasteiger partial charge in [-0.2, -0.15) is 0 Å². The van der Waals surface area contributed by atoms with Gasteiger partial charge in [0.15, 0.2) is 0 Å². The number of hydrogen-bond acceptors (Lipinski definition) is 4. The molecule has 2 aliphatic rings. The Morgan fingerprint density at radius 2 is 0.955 bits per heavy atom. The fraction of sp³-hybridized carbons (Fsp3) is 0.650. The molecule has 0 spiro atoms. The fourth-order valence-electron chi connectivity index (χ4n) is 7.76.